The highest BCUT2D eigenvalue weighted by molar-refractivity contribution is 5.99. The highest BCUT2D eigenvalue weighted by atomic mass is 16.2. The second-order valence-electron chi connectivity index (χ2n) is 18.5. The standard InChI is InChI=1S/2C26H31N7O2/c2*1-4-17(2)33-16-22-23(25(33)35)29-26(32-11-9-31(10-12-32)18(3)34)30-24(22)28-15-21-13-19-7-5-6-8-20(19)14-27-21/h2*5-8,13-14,17H,4,9-12,15-16H2,1-3H3,(H,28,29,30). The lowest BCUT2D eigenvalue weighted by molar-refractivity contribution is -0.129. The van der Waals surface area contributed by atoms with Crippen molar-refractivity contribution in [3.63, 3.8) is 0 Å². The lowest BCUT2D eigenvalue weighted by Crippen LogP contribution is -2.48. The third-order valence-corrected chi connectivity index (χ3v) is 14.1. The van der Waals surface area contributed by atoms with Gasteiger partial charge in [0.05, 0.1) is 37.6 Å². The molecule has 4 aliphatic rings. The number of anilines is 4. The predicted octanol–water partition coefficient (Wildman–Crippen LogP) is 6.12. The van der Waals surface area contributed by atoms with E-state index in [-0.39, 0.29) is 35.7 Å². The zero-order chi connectivity index (χ0) is 49.1. The summed E-state index contributed by atoms with van der Waals surface area (Å²) in [6.07, 6.45) is 5.50. The number of aromatic nitrogens is 6. The molecule has 70 heavy (non-hydrogen) atoms. The second-order valence-corrected chi connectivity index (χ2v) is 18.5. The van der Waals surface area contributed by atoms with E-state index < -0.39 is 0 Å². The van der Waals surface area contributed by atoms with Gasteiger partial charge in [0.25, 0.3) is 11.8 Å². The Hall–Kier alpha value is -7.50. The zero-order valence-electron chi connectivity index (χ0n) is 41.0. The van der Waals surface area contributed by atoms with E-state index in [1.54, 1.807) is 13.8 Å². The topological polar surface area (TPSA) is 189 Å². The molecule has 0 radical (unpaired) electrons. The van der Waals surface area contributed by atoms with Crippen LogP contribution in [-0.4, -0.2) is 138 Å². The number of fused-ring (bicyclic) bond motifs is 4. The van der Waals surface area contributed by atoms with Crippen molar-refractivity contribution in [1.82, 2.24) is 49.5 Å². The van der Waals surface area contributed by atoms with Crippen molar-refractivity contribution >= 4 is 68.7 Å². The van der Waals surface area contributed by atoms with E-state index in [0.29, 0.717) is 113 Å². The number of benzene rings is 2. The van der Waals surface area contributed by atoms with Crippen LogP contribution in [-0.2, 0) is 35.8 Å². The number of nitrogens with zero attached hydrogens (tertiary/aromatic N) is 12. The summed E-state index contributed by atoms with van der Waals surface area (Å²) < 4.78 is 0. The summed E-state index contributed by atoms with van der Waals surface area (Å²) in [6.45, 7) is 18.4. The van der Waals surface area contributed by atoms with Crippen LogP contribution in [0, 0.1) is 0 Å². The summed E-state index contributed by atoms with van der Waals surface area (Å²) in [5, 5.41) is 11.4. The summed E-state index contributed by atoms with van der Waals surface area (Å²) in [6, 6.07) is 20.7. The van der Waals surface area contributed by atoms with Crippen molar-refractivity contribution in [3.8, 4) is 0 Å². The summed E-state index contributed by atoms with van der Waals surface area (Å²) in [5.74, 6) is 2.45. The van der Waals surface area contributed by atoms with E-state index in [2.05, 4.69) is 82.4 Å². The molecule has 2 unspecified atom stereocenters. The minimum absolute atomic E-state index is 0.0488. The lowest BCUT2D eigenvalue weighted by Gasteiger charge is -2.34. The van der Waals surface area contributed by atoms with Gasteiger partial charge >= 0.3 is 0 Å². The monoisotopic (exact) mass is 947 g/mol. The molecule has 18 heteroatoms. The van der Waals surface area contributed by atoms with Gasteiger partial charge in [0.1, 0.15) is 23.0 Å². The smallest absolute Gasteiger partial charge is 0.273 e. The maximum atomic E-state index is 13.3. The van der Waals surface area contributed by atoms with E-state index in [1.807, 2.05) is 68.4 Å². The number of piperazine rings is 2. The van der Waals surface area contributed by atoms with Gasteiger partial charge in [-0.15, -0.1) is 0 Å². The van der Waals surface area contributed by atoms with Crippen LogP contribution in [0.5, 0.6) is 0 Å². The molecule has 2 aromatic carbocycles. The van der Waals surface area contributed by atoms with Crippen LogP contribution < -0.4 is 20.4 Å². The van der Waals surface area contributed by atoms with Crippen LogP contribution in [0.15, 0.2) is 73.1 Å². The van der Waals surface area contributed by atoms with Gasteiger partial charge in [0, 0.05) is 113 Å². The predicted molar refractivity (Wildman–Crippen MR) is 270 cm³/mol. The second kappa shape index (κ2) is 20.6. The fourth-order valence-electron chi connectivity index (χ4n) is 9.32. The number of pyridine rings is 2. The van der Waals surface area contributed by atoms with E-state index in [0.717, 1.165) is 56.9 Å². The molecule has 2 atom stereocenters. The van der Waals surface area contributed by atoms with Crippen molar-refractivity contribution in [2.45, 2.75) is 92.6 Å². The fourth-order valence-corrected chi connectivity index (χ4v) is 9.32. The van der Waals surface area contributed by atoms with Crippen LogP contribution in [0.1, 0.15) is 97.9 Å². The first kappa shape index (κ1) is 47.6. The third-order valence-electron chi connectivity index (χ3n) is 14.1. The molecule has 2 fully saturated rings. The molecule has 6 aromatic rings. The molecule has 18 nitrogen and oxygen atoms in total. The van der Waals surface area contributed by atoms with E-state index >= 15 is 0 Å². The maximum absolute atomic E-state index is 13.3. The van der Waals surface area contributed by atoms with Crippen LogP contribution in [0.25, 0.3) is 21.5 Å². The molecule has 0 spiro atoms. The van der Waals surface area contributed by atoms with Gasteiger partial charge < -0.3 is 40.0 Å². The number of hydrogen-bond donors (Lipinski definition) is 2. The summed E-state index contributed by atoms with van der Waals surface area (Å²) in [7, 11) is 0. The normalized spacial score (nSPS) is 16.5. The Balaban J connectivity index is 0.000000174. The molecular weight excluding hydrogens is 885 g/mol. The van der Waals surface area contributed by atoms with E-state index in [9.17, 15) is 19.2 Å². The first-order valence-electron chi connectivity index (χ1n) is 24.5. The molecule has 4 aromatic heterocycles. The van der Waals surface area contributed by atoms with Crippen molar-refractivity contribution < 1.29 is 19.2 Å². The van der Waals surface area contributed by atoms with Crippen LogP contribution in [0.2, 0.25) is 0 Å². The number of nitrogens with one attached hydrogen (secondary N) is 2. The molecule has 8 heterocycles. The molecule has 0 aliphatic carbocycles. The number of carbonyl (C=O) groups is 4. The van der Waals surface area contributed by atoms with Gasteiger partial charge in [0.2, 0.25) is 23.7 Å². The van der Waals surface area contributed by atoms with Gasteiger partial charge in [-0.2, -0.15) is 9.97 Å². The number of hydrogen-bond acceptors (Lipinski definition) is 14. The van der Waals surface area contributed by atoms with Gasteiger partial charge in [-0.3, -0.25) is 29.1 Å². The Bertz CT molecular complexity index is 2740. The van der Waals surface area contributed by atoms with Crippen LogP contribution in [0.3, 0.4) is 0 Å². The third kappa shape index (κ3) is 9.98. The maximum Gasteiger partial charge on any atom is 0.273 e. The average molecular weight is 947 g/mol. The van der Waals surface area contributed by atoms with Crippen LogP contribution >= 0.6 is 0 Å². The summed E-state index contributed by atoms with van der Waals surface area (Å²) in [4.78, 5) is 89.8. The molecule has 2 N–H and O–H groups in total. The molecule has 0 bridgehead atoms. The molecule has 0 saturated carbocycles. The Kier molecular flexibility index (Phi) is 14.0. The molecule has 364 valence electrons. The molecule has 10 rings (SSSR count). The number of rotatable bonds is 12. The highest BCUT2D eigenvalue weighted by Crippen LogP contribution is 2.33. The Morgan fingerprint density at radius 3 is 1.29 bits per heavy atom. The SMILES string of the molecule is CCC(C)N1Cc2c(NCc3cc4ccccc4cn3)nc(N3CCN(C(C)=O)CC3)nc2C1=O.CCC(C)N1Cc2c(NCc3cc4ccccc4cn3)nc(N3CCN(C(C)=O)CC3)nc2C1=O. The highest BCUT2D eigenvalue weighted by Gasteiger charge is 2.37. The van der Waals surface area contributed by atoms with E-state index in [1.165, 1.54) is 0 Å². The first-order valence-corrected chi connectivity index (χ1v) is 24.5. The van der Waals surface area contributed by atoms with E-state index in [4.69, 9.17) is 19.9 Å². The summed E-state index contributed by atoms with van der Waals surface area (Å²) in [5.41, 5.74) is 4.41. The molecule has 4 amide bonds. The summed E-state index contributed by atoms with van der Waals surface area (Å²) >= 11 is 0. The average Bonchev–Trinajstić information content (AvgIpc) is 3.92. The van der Waals surface area contributed by atoms with Crippen molar-refractivity contribution in [2.24, 2.45) is 0 Å². The quantitative estimate of drug-likeness (QED) is 0.143. The van der Waals surface area contributed by atoms with Gasteiger partial charge in [-0.05, 0) is 49.6 Å². The number of amides is 4. The van der Waals surface area contributed by atoms with Crippen LogP contribution in [0.4, 0.5) is 23.5 Å². The minimum Gasteiger partial charge on any atom is -0.364 e. The Morgan fingerprint density at radius 2 is 0.929 bits per heavy atom. The molecular formula is C52H62N14O4. The zero-order valence-corrected chi connectivity index (χ0v) is 41.0. The Morgan fingerprint density at radius 1 is 0.557 bits per heavy atom. The van der Waals surface area contributed by atoms with Crippen molar-refractivity contribution in [3.05, 3.63) is 107 Å². The molecule has 2 saturated heterocycles. The minimum atomic E-state index is -0.0488. The lowest BCUT2D eigenvalue weighted by atomic mass is 10.1. The fraction of sp³-hybridized carbons (Fsp3) is 0.423. The molecule has 4 aliphatic heterocycles. The van der Waals surface area contributed by atoms with Gasteiger partial charge in [-0.25, -0.2) is 9.97 Å². The first-order chi connectivity index (χ1) is 33.9. The number of carbonyl (C=O) groups excluding carboxylic acids is 4. The van der Waals surface area contributed by atoms with Gasteiger partial charge in [0.15, 0.2) is 0 Å². The van der Waals surface area contributed by atoms with Crippen molar-refractivity contribution in [2.75, 3.05) is 72.8 Å². The van der Waals surface area contributed by atoms with Gasteiger partial charge in [-0.1, -0.05) is 62.4 Å². The Labute approximate surface area is 408 Å². The largest absolute Gasteiger partial charge is 0.364 e. The van der Waals surface area contributed by atoms with Crippen molar-refractivity contribution in [1.29, 1.82) is 0 Å².